The summed E-state index contributed by atoms with van der Waals surface area (Å²) in [5.74, 6) is 0.517. The van der Waals surface area contributed by atoms with Gasteiger partial charge in [-0.15, -0.1) is 0 Å². The Morgan fingerprint density at radius 1 is 1.37 bits per heavy atom. The van der Waals surface area contributed by atoms with Crippen LogP contribution >= 0.6 is 0 Å². The number of aryl methyl sites for hydroxylation is 1. The van der Waals surface area contributed by atoms with Crippen LogP contribution in [0.1, 0.15) is 5.56 Å². The highest BCUT2D eigenvalue weighted by atomic mass is 16.3. The molecule has 0 aliphatic carbocycles. The highest BCUT2D eigenvalue weighted by molar-refractivity contribution is 5.60. The van der Waals surface area contributed by atoms with Gasteiger partial charge in [0.1, 0.15) is 0 Å². The van der Waals surface area contributed by atoms with Gasteiger partial charge in [-0.2, -0.15) is 0 Å². The first-order valence-corrected chi connectivity index (χ1v) is 6.19. The average molecular weight is 258 g/mol. The van der Waals surface area contributed by atoms with E-state index in [9.17, 15) is 0 Å². The maximum Gasteiger partial charge on any atom is 0.223 e. The van der Waals surface area contributed by atoms with Crippen LogP contribution in [0.5, 0.6) is 0 Å². The molecule has 1 heterocycles. The fourth-order valence-electron chi connectivity index (χ4n) is 1.70. The molecule has 19 heavy (non-hydrogen) atoms. The van der Waals surface area contributed by atoms with Crippen molar-refractivity contribution >= 4 is 5.95 Å². The Morgan fingerprint density at radius 2 is 2.21 bits per heavy atom. The number of aliphatic hydroxyl groups excluding tert-OH is 1. The summed E-state index contributed by atoms with van der Waals surface area (Å²) < 4.78 is 0. The number of aromatic nitrogens is 2. The molecule has 4 N–H and O–H groups in total. The Bertz CT molecular complexity index is 544. The second-order valence-electron chi connectivity index (χ2n) is 4.46. The lowest BCUT2D eigenvalue weighted by Gasteiger charge is -2.10. The predicted molar refractivity (Wildman–Crippen MR) is 75.8 cm³/mol. The Morgan fingerprint density at radius 3 is 2.95 bits per heavy atom. The van der Waals surface area contributed by atoms with E-state index in [0.29, 0.717) is 12.5 Å². The lowest BCUT2D eigenvalue weighted by Crippen LogP contribution is -2.32. The van der Waals surface area contributed by atoms with Crippen LogP contribution in [0, 0.1) is 6.92 Å². The molecule has 0 saturated carbocycles. The molecule has 0 bridgehead atoms. The van der Waals surface area contributed by atoms with Gasteiger partial charge in [0.2, 0.25) is 5.95 Å². The third kappa shape index (κ3) is 3.74. The normalized spacial score (nSPS) is 12.2. The van der Waals surface area contributed by atoms with E-state index in [4.69, 9.17) is 10.8 Å². The summed E-state index contributed by atoms with van der Waals surface area (Å²) in [5.41, 5.74) is 8.72. The number of nitrogens with two attached hydrogens (primary N) is 1. The molecule has 0 unspecified atom stereocenters. The zero-order valence-electron chi connectivity index (χ0n) is 10.9. The number of hydrogen-bond acceptors (Lipinski definition) is 5. The summed E-state index contributed by atoms with van der Waals surface area (Å²) in [5, 5.41) is 11.9. The number of nitrogens with one attached hydrogen (secondary N) is 1. The number of benzene rings is 1. The maximum absolute atomic E-state index is 8.87. The van der Waals surface area contributed by atoms with Gasteiger partial charge < -0.3 is 16.2 Å². The minimum absolute atomic E-state index is 0.0649. The smallest absolute Gasteiger partial charge is 0.223 e. The van der Waals surface area contributed by atoms with Gasteiger partial charge in [0.15, 0.2) is 0 Å². The van der Waals surface area contributed by atoms with Crippen molar-refractivity contribution in [3.63, 3.8) is 0 Å². The van der Waals surface area contributed by atoms with E-state index < -0.39 is 0 Å². The van der Waals surface area contributed by atoms with Gasteiger partial charge in [0.05, 0.1) is 12.3 Å². The molecule has 0 amide bonds. The van der Waals surface area contributed by atoms with Crippen molar-refractivity contribution in [2.75, 3.05) is 18.5 Å². The molecule has 5 heteroatoms. The molecule has 0 radical (unpaired) electrons. The second-order valence-corrected chi connectivity index (χ2v) is 4.46. The lowest BCUT2D eigenvalue weighted by molar-refractivity contribution is 0.270. The van der Waals surface area contributed by atoms with Gasteiger partial charge >= 0.3 is 0 Å². The molecule has 5 nitrogen and oxygen atoms in total. The molecule has 1 aromatic heterocycles. The molecule has 0 aliphatic heterocycles. The molecular weight excluding hydrogens is 240 g/mol. The minimum atomic E-state index is -0.314. The molecular formula is C14H18N4O. The number of nitrogens with zero attached hydrogens (tertiary/aromatic N) is 2. The Hall–Kier alpha value is -1.98. The van der Waals surface area contributed by atoms with E-state index in [0.717, 1.165) is 11.3 Å². The monoisotopic (exact) mass is 258 g/mol. The van der Waals surface area contributed by atoms with Gasteiger partial charge in [-0.3, -0.25) is 0 Å². The van der Waals surface area contributed by atoms with Gasteiger partial charge in [0, 0.05) is 24.3 Å². The van der Waals surface area contributed by atoms with Gasteiger partial charge in [-0.05, 0) is 19.1 Å². The predicted octanol–water partition coefficient (Wildman–Crippen LogP) is 1.18. The maximum atomic E-state index is 8.87. The zero-order valence-corrected chi connectivity index (χ0v) is 10.9. The quantitative estimate of drug-likeness (QED) is 0.750. The molecule has 0 fully saturated rings. The zero-order chi connectivity index (χ0) is 13.7. The molecule has 2 aromatic rings. The van der Waals surface area contributed by atoms with Crippen molar-refractivity contribution in [3.05, 3.63) is 42.1 Å². The first-order valence-electron chi connectivity index (χ1n) is 6.19. The molecule has 1 aromatic carbocycles. The van der Waals surface area contributed by atoms with E-state index in [2.05, 4.69) is 21.4 Å². The van der Waals surface area contributed by atoms with E-state index >= 15 is 0 Å². The highest BCUT2D eigenvalue weighted by Gasteiger charge is 2.04. The van der Waals surface area contributed by atoms with Gasteiger partial charge in [-0.1, -0.05) is 23.8 Å². The van der Waals surface area contributed by atoms with Crippen LogP contribution in [0.2, 0.25) is 0 Å². The largest absolute Gasteiger partial charge is 0.395 e. The summed E-state index contributed by atoms with van der Waals surface area (Å²) in [6, 6.07) is 9.69. The van der Waals surface area contributed by atoms with Crippen LogP contribution in [0.4, 0.5) is 5.95 Å². The fourth-order valence-corrected chi connectivity index (χ4v) is 1.70. The van der Waals surface area contributed by atoms with Crippen molar-refractivity contribution in [1.29, 1.82) is 0 Å². The topological polar surface area (TPSA) is 84.1 Å². The van der Waals surface area contributed by atoms with Gasteiger partial charge in [0.25, 0.3) is 0 Å². The van der Waals surface area contributed by atoms with Crippen molar-refractivity contribution < 1.29 is 5.11 Å². The first-order chi connectivity index (χ1) is 9.19. The first kappa shape index (κ1) is 13.5. The molecule has 2 rings (SSSR count). The van der Waals surface area contributed by atoms with Crippen LogP contribution in [0.25, 0.3) is 11.3 Å². The van der Waals surface area contributed by atoms with Crippen LogP contribution < -0.4 is 11.1 Å². The van der Waals surface area contributed by atoms with Crippen LogP contribution in [0.15, 0.2) is 36.5 Å². The van der Waals surface area contributed by atoms with E-state index in [1.807, 2.05) is 31.2 Å². The number of anilines is 1. The average Bonchev–Trinajstić information content (AvgIpc) is 2.45. The summed E-state index contributed by atoms with van der Waals surface area (Å²) in [7, 11) is 0. The summed E-state index contributed by atoms with van der Waals surface area (Å²) in [6.45, 7) is 2.42. The Labute approximate surface area is 112 Å². The Kier molecular flexibility index (Phi) is 4.43. The third-order valence-electron chi connectivity index (χ3n) is 2.73. The number of aliphatic hydroxyl groups is 1. The van der Waals surface area contributed by atoms with Crippen molar-refractivity contribution in [2.45, 2.75) is 13.0 Å². The van der Waals surface area contributed by atoms with Crippen molar-refractivity contribution in [3.8, 4) is 11.3 Å². The van der Waals surface area contributed by atoms with Crippen LogP contribution in [-0.4, -0.2) is 34.3 Å². The van der Waals surface area contributed by atoms with E-state index in [1.54, 1.807) is 6.20 Å². The highest BCUT2D eigenvalue weighted by Crippen LogP contribution is 2.18. The molecule has 0 saturated heterocycles. The van der Waals surface area contributed by atoms with Gasteiger partial charge in [-0.25, -0.2) is 9.97 Å². The van der Waals surface area contributed by atoms with Crippen LogP contribution in [0.3, 0.4) is 0 Å². The molecule has 0 spiro atoms. The molecule has 1 atom stereocenters. The number of hydrogen-bond donors (Lipinski definition) is 3. The summed E-state index contributed by atoms with van der Waals surface area (Å²) in [6.07, 6.45) is 1.71. The lowest BCUT2D eigenvalue weighted by atomic mass is 10.1. The molecule has 100 valence electrons. The van der Waals surface area contributed by atoms with E-state index in [-0.39, 0.29) is 12.6 Å². The Balaban J connectivity index is 2.15. The molecule has 0 aliphatic rings. The fraction of sp³-hybridized carbons (Fsp3) is 0.286. The second kappa shape index (κ2) is 6.26. The summed E-state index contributed by atoms with van der Waals surface area (Å²) >= 11 is 0. The van der Waals surface area contributed by atoms with Crippen molar-refractivity contribution in [1.82, 2.24) is 9.97 Å². The standard InChI is InChI=1S/C14H18N4O/c1-10-3-2-4-11(7-10)13-5-6-16-14(18-13)17-8-12(15)9-19/h2-7,12,19H,8-9,15H2,1H3,(H,16,17,18)/t12-/m1/s1. The summed E-state index contributed by atoms with van der Waals surface area (Å²) in [4.78, 5) is 8.57. The third-order valence-corrected chi connectivity index (χ3v) is 2.73. The number of rotatable bonds is 5. The van der Waals surface area contributed by atoms with Crippen molar-refractivity contribution in [2.24, 2.45) is 5.73 Å². The SMILES string of the molecule is Cc1cccc(-c2ccnc(NC[C@@H](N)CO)n2)c1. The minimum Gasteiger partial charge on any atom is -0.395 e. The van der Waals surface area contributed by atoms with Crippen LogP contribution in [-0.2, 0) is 0 Å². The van der Waals surface area contributed by atoms with E-state index in [1.165, 1.54) is 5.56 Å².